The van der Waals surface area contributed by atoms with Crippen molar-refractivity contribution in [2.24, 2.45) is 11.8 Å². The third kappa shape index (κ3) is 21.7. The predicted molar refractivity (Wildman–Crippen MR) is 285 cm³/mol. The minimum absolute atomic E-state index is 0.0346. The molecule has 3 aromatic carbocycles. The third-order valence-corrected chi connectivity index (χ3v) is 14.3. The van der Waals surface area contributed by atoms with Crippen molar-refractivity contribution in [1.82, 2.24) is 40.9 Å². The van der Waals surface area contributed by atoms with Gasteiger partial charge in [0, 0.05) is 84.2 Å². The van der Waals surface area contributed by atoms with Crippen LogP contribution < -0.4 is 21.3 Å². The van der Waals surface area contributed by atoms with E-state index in [0.29, 0.717) is 45.3 Å². The number of carbonyl (C=O) groups excluding carboxylic acids is 4. The van der Waals surface area contributed by atoms with E-state index >= 15 is 0 Å². The van der Waals surface area contributed by atoms with Gasteiger partial charge in [0.2, 0.25) is 23.8 Å². The van der Waals surface area contributed by atoms with Gasteiger partial charge < -0.3 is 56.6 Å². The maximum atomic E-state index is 14.2. The normalized spacial score (nSPS) is 18.4. The fourth-order valence-electron chi connectivity index (χ4n) is 10.0. The summed E-state index contributed by atoms with van der Waals surface area (Å²) >= 11 is 0. The first-order valence-corrected chi connectivity index (χ1v) is 26.7. The van der Waals surface area contributed by atoms with Gasteiger partial charge in [0.1, 0.15) is 12.1 Å². The third-order valence-electron chi connectivity index (χ3n) is 14.3. The minimum atomic E-state index is -1.69. The topological polar surface area (TPSA) is 362 Å². The van der Waals surface area contributed by atoms with Gasteiger partial charge in [0.15, 0.2) is 0 Å². The molecule has 0 spiro atoms. The van der Waals surface area contributed by atoms with E-state index in [-0.39, 0.29) is 135 Å². The van der Waals surface area contributed by atoms with Crippen LogP contribution in [0.15, 0.2) is 54.6 Å². The Morgan fingerprint density at radius 1 is 0.544 bits per heavy atom. The summed E-state index contributed by atoms with van der Waals surface area (Å²) in [5, 5.41) is 71.4. The molecular weight excluding hydrogens is 1030 g/mol. The molecule has 25 nitrogen and oxygen atoms in total. The second-order valence-corrected chi connectivity index (χ2v) is 20.2. The summed E-state index contributed by atoms with van der Waals surface area (Å²) in [6, 6.07) is 15.1. The number of carboxylic acid groups (broad SMARTS) is 6. The van der Waals surface area contributed by atoms with Gasteiger partial charge in [-0.2, -0.15) is 0 Å². The molecule has 0 bridgehead atoms. The van der Waals surface area contributed by atoms with Gasteiger partial charge in [-0.25, -0.2) is 14.4 Å². The molecule has 2 aliphatic rings. The Morgan fingerprint density at radius 2 is 1.05 bits per heavy atom. The number of unbranched alkanes of at least 4 members (excludes halogenated alkanes) is 1. The highest BCUT2D eigenvalue weighted by atomic mass is 16.6. The Morgan fingerprint density at radius 3 is 1.53 bits per heavy atom. The Hall–Kier alpha value is -7.48. The molecule has 1 heterocycles. The summed E-state index contributed by atoms with van der Waals surface area (Å²) in [5.74, 6) is -8.68. The van der Waals surface area contributed by atoms with Crippen LogP contribution in [0.25, 0.3) is 21.5 Å². The van der Waals surface area contributed by atoms with Crippen LogP contribution in [-0.2, 0) is 54.3 Å². The summed E-state index contributed by atoms with van der Waals surface area (Å²) in [6.07, 6.45) is -1.02. The van der Waals surface area contributed by atoms with E-state index < -0.39 is 71.9 Å². The largest absolute Gasteiger partial charge is 0.481 e. The number of carboxylic acids is 6. The number of hydrogen-bond donors (Lipinski definition) is 10. The SMILES string of the molecule is O=C(O)CCC[C@H](OC(=O)N[C@@H](CCCCNC(=O)[C@H](Cc1c2ccccc2cc2ccccc12)NC(=O)C1CCC(CNC(=O)CN2CCN(CC(=O)O)CCN(CC(=O)O)CCN(CC(=O)O)CC2)CC1)C(=O)O)C(=O)O. The fraction of sp³-hybridized carbons (Fsp3) is 0.556. The first-order chi connectivity index (χ1) is 37.7. The molecule has 432 valence electrons. The average molecular weight is 1110 g/mol. The fourth-order valence-corrected chi connectivity index (χ4v) is 10.0. The van der Waals surface area contributed by atoms with Crippen molar-refractivity contribution in [2.75, 3.05) is 91.6 Å². The number of ether oxygens (including phenoxy) is 1. The lowest BCUT2D eigenvalue weighted by molar-refractivity contribution is -0.148. The lowest BCUT2D eigenvalue weighted by Gasteiger charge is -2.33. The van der Waals surface area contributed by atoms with Crippen LogP contribution in [0.3, 0.4) is 0 Å². The Kier molecular flexibility index (Phi) is 25.1. The van der Waals surface area contributed by atoms with E-state index in [1.165, 1.54) is 0 Å². The van der Waals surface area contributed by atoms with Crippen molar-refractivity contribution in [3.8, 4) is 0 Å². The summed E-state index contributed by atoms with van der Waals surface area (Å²) in [4.78, 5) is 130. The highest BCUT2D eigenvalue weighted by Gasteiger charge is 2.32. The molecule has 1 saturated heterocycles. The smallest absolute Gasteiger partial charge is 0.408 e. The minimum Gasteiger partial charge on any atom is -0.481 e. The van der Waals surface area contributed by atoms with Crippen molar-refractivity contribution >= 4 is 81.2 Å². The molecule has 10 N–H and O–H groups in total. The van der Waals surface area contributed by atoms with Crippen molar-refractivity contribution in [1.29, 1.82) is 0 Å². The average Bonchev–Trinajstić information content (AvgIpc) is 3.39. The molecule has 1 aliphatic carbocycles. The number of aliphatic carboxylic acids is 6. The van der Waals surface area contributed by atoms with E-state index in [2.05, 4.69) is 27.3 Å². The van der Waals surface area contributed by atoms with Gasteiger partial charge in [0.25, 0.3) is 0 Å². The van der Waals surface area contributed by atoms with Crippen molar-refractivity contribution < 1.29 is 83.3 Å². The zero-order chi connectivity index (χ0) is 57.4. The number of rotatable bonds is 28. The second kappa shape index (κ2) is 31.8. The molecule has 0 unspecified atom stereocenters. The number of carbonyl (C=O) groups is 10. The lowest BCUT2D eigenvalue weighted by Crippen LogP contribution is -2.50. The number of nitrogens with one attached hydrogen (secondary N) is 4. The Labute approximate surface area is 456 Å². The highest BCUT2D eigenvalue weighted by Crippen LogP contribution is 2.31. The molecule has 1 saturated carbocycles. The van der Waals surface area contributed by atoms with Crippen molar-refractivity contribution in [2.45, 2.75) is 88.8 Å². The number of amides is 4. The molecule has 0 radical (unpaired) electrons. The van der Waals surface area contributed by atoms with Gasteiger partial charge in [-0.1, -0.05) is 48.5 Å². The highest BCUT2D eigenvalue weighted by molar-refractivity contribution is 6.03. The van der Waals surface area contributed by atoms with Gasteiger partial charge in [0.05, 0.1) is 26.2 Å². The number of fused-ring (bicyclic) bond motifs is 2. The molecule has 0 aromatic heterocycles. The van der Waals surface area contributed by atoms with Crippen LogP contribution in [0.2, 0.25) is 0 Å². The van der Waals surface area contributed by atoms with Crippen LogP contribution in [0.4, 0.5) is 4.79 Å². The molecule has 3 aromatic rings. The zero-order valence-electron chi connectivity index (χ0n) is 44.2. The summed E-state index contributed by atoms with van der Waals surface area (Å²) < 4.78 is 4.88. The monoisotopic (exact) mass is 1110 g/mol. The van der Waals surface area contributed by atoms with Crippen LogP contribution >= 0.6 is 0 Å². The van der Waals surface area contributed by atoms with Crippen LogP contribution in [0, 0.1) is 11.8 Å². The quantitative estimate of drug-likeness (QED) is 0.0364. The van der Waals surface area contributed by atoms with E-state index in [9.17, 15) is 73.5 Å². The molecule has 2 fully saturated rings. The first kappa shape index (κ1) is 62.4. The van der Waals surface area contributed by atoms with Gasteiger partial charge in [-0.05, 0) is 96.9 Å². The van der Waals surface area contributed by atoms with Crippen LogP contribution in [0.1, 0.15) is 69.8 Å². The Bertz CT molecular complexity index is 2530. The molecule has 5 rings (SSSR count). The maximum Gasteiger partial charge on any atom is 0.408 e. The number of benzene rings is 3. The Balaban J connectivity index is 1.17. The molecule has 4 amide bonds. The van der Waals surface area contributed by atoms with E-state index in [1.54, 1.807) is 14.7 Å². The van der Waals surface area contributed by atoms with Gasteiger partial charge in [-0.15, -0.1) is 0 Å². The van der Waals surface area contributed by atoms with Crippen LogP contribution in [0.5, 0.6) is 0 Å². The summed E-state index contributed by atoms with van der Waals surface area (Å²) in [7, 11) is 0. The molecule has 1 aliphatic heterocycles. The maximum absolute atomic E-state index is 14.2. The standard InChI is InChI=1S/C54H74N8O17/c63-45(31-59-20-22-60(32-47(66)67)24-26-62(34-49(70)71)27-25-61(23-21-59)33-48(68)69)56-30-35-15-17-36(18-16-35)50(72)57-43(29-41-39-10-3-1-8-37(39)28-38-9-2-4-11-40(38)41)51(73)55-19-6-5-12-42(52(74)75)58-54(78)79-44(53(76)77)13-7-14-46(64)65/h1-4,8-11,28,35-36,42-44H,5-7,12-27,29-34H2,(H,55,73)(H,56,63)(H,57,72)(H,58,78)(H,64,65)(H,66,67)(H,68,69)(H,70,71)(H,74,75)(H,76,77)/t35?,36?,42-,43-,44-/m0/s1. The molecular formula is C54H74N8O17. The number of alkyl carbamates (subject to hydrolysis) is 1. The van der Waals surface area contributed by atoms with Gasteiger partial charge >= 0.3 is 41.9 Å². The van der Waals surface area contributed by atoms with E-state index in [1.807, 2.05) is 53.4 Å². The lowest BCUT2D eigenvalue weighted by atomic mass is 9.81. The number of hydrogen-bond acceptors (Lipinski definition) is 15. The summed E-state index contributed by atoms with van der Waals surface area (Å²) in [5.41, 5.74) is 0.857. The van der Waals surface area contributed by atoms with Gasteiger partial charge in [-0.3, -0.25) is 53.2 Å². The van der Waals surface area contributed by atoms with Crippen LogP contribution in [-0.4, -0.2) is 220 Å². The first-order valence-electron chi connectivity index (χ1n) is 26.7. The molecule has 25 heteroatoms. The zero-order valence-corrected chi connectivity index (χ0v) is 44.2. The van der Waals surface area contributed by atoms with Crippen molar-refractivity contribution in [3.63, 3.8) is 0 Å². The predicted octanol–water partition coefficient (Wildman–Crippen LogP) is 1.59. The molecule has 79 heavy (non-hydrogen) atoms. The second-order valence-electron chi connectivity index (χ2n) is 20.2. The van der Waals surface area contributed by atoms with Crippen molar-refractivity contribution in [3.05, 3.63) is 60.2 Å². The summed E-state index contributed by atoms with van der Waals surface area (Å²) in [6.45, 7) is 1.64. The molecule has 3 atom stereocenters. The van der Waals surface area contributed by atoms with E-state index in [0.717, 1.165) is 27.1 Å². The number of nitrogens with zero attached hydrogens (tertiary/aromatic N) is 4. The van der Waals surface area contributed by atoms with E-state index in [4.69, 9.17) is 9.84 Å².